The molecule has 39 heavy (non-hydrogen) atoms. The minimum Gasteiger partial charge on any atom is -0.395 e. The van der Waals surface area contributed by atoms with Gasteiger partial charge in [0.25, 0.3) is 5.91 Å². The van der Waals surface area contributed by atoms with E-state index in [1.54, 1.807) is 17.8 Å². The molecular weight excluding hydrogens is 538 g/mol. The highest BCUT2D eigenvalue weighted by atomic mass is 32.2. The molecule has 3 fully saturated rings. The number of hydrogen-bond acceptors (Lipinski definition) is 9. The molecule has 2 aromatic rings. The highest BCUT2D eigenvalue weighted by molar-refractivity contribution is 7.98. The number of morpholine rings is 1. The fourth-order valence-corrected chi connectivity index (χ4v) is 6.79. The molecule has 1 spiro atoms. The Kier molecular flexibility index (Phi) is 8.27. The number of sulfonamides is 1. The summed E-state index contributed by atoms with van der Waals surface area (Å²) in [6.07, 6.45) is 8.23. The lowest BCUT2D eigenvalue weighted by atomic mass is 9.93. The van der Waals surface area contributed by atoms with Crippen molar-refractivity contribution in [3.63, 3.8) is 0 Å². The zero-order valence-corrected chi connectivity index (χ0v) is 24.1. The van der Waals surface area contributed by atoms with Crippen molar-refractivity contribution in [2.24, 2.45) is 5.41 Å². The summed E-state index contributed by atoms with van der Waals surface area (Å²) in [6, 6.07) is 7.56. The maximum Gasteiger partial charge on any atom is 0.259 e. The monoisotopic (exact) mass is 575 g/mol. The molecule has 1 amide bonds. The number of aliphatic hydroxyl groups excluding tert-OH is 1. The normalized spacial score (nSPS) is 20.6. The molecule has 3 heterocycles. The van der Waals surface area contributed by atoms with Gasteiger partial charge in [-0.05, 0) is 62.5 Å². The topological polar surface area (TPSA) is 124 Å². The summed E-state index contributed by atoms with van der Waals surface area (Å²) in [5, 5.41) is 12.1. The molecule has 1 saturated carbocycles. The van der Waals surface area contributed by atoms with Crippen LogP contribution in [0.1, 0.15) is 43.0 Å². The summed E-state index contributed by atoms with van der Waals surface area (Å²) in [5.41, 5.74) is 3.24. The van der Waals surface area contributed by atoms with E-state index >= 15 is 0 Å². The Morgan fingerprint density at radius 3 is 2.59 bits per heavy atom. The number of nitrogens with zero attached hydrogens (tertiary/aromatic N) is 3. The van der Waals surface area contributed by atoms with Crippen molar-refractivity contribution in [3.05, 3.63) is 36.0 Å². The fraction of sp³-hybridized carbons (Fsp3) is 0.556. The Bertz CT molecular complexity index is 1310. The van der Waals surface area contributed by atoms with Crippen molar-refractivity contribution in [2.45, 2.75) is 43.6 Å². The SMILES string of the molecule is CSc1ccc(NC(=O)c2cnc(NS(=O)(=O)CCO)cc2N2CCC3(CC2)CC3)cc1N1CCO[C@H](C)C1. The number of pyridine rings is 1. The van der Waals surface area contributed by atoms with Crippen LogP contribution in [0.25, 0.3) is 0 Å². The van der Waals surface area contributed by atoms with Gasteiger partial charge in [0.1, 0.15) is 5.82 Å². The van der Waals surface area contributed by atoms with Crippen molar-refractivity contribution < 1.29 is 23.1 Å². The van der Waals surface area contributed by atoms with E-state index < -0.39 is 22.4 Å². The first kappa shape index (κ1) is 28.0. The first-order valence-electron chi connectivity index (χ1n) is 13.4. The largest absolute Gasteiger partial charge is 0.395 e. The summed E-state index contributed by atoms with van der Waals surface area (Å²) in [7, 11) is -3.75. The van der Waals surface area contributed by atoms with Crippen molar-refractivity contribution in [1.29, 1.82) is 0 Å². The number of rotatable bonds is 9. The van der Waals surface area contributed by atoms with Gasteiger partial charge in [-0.3, -0.25) is 9.52 Å². The van der Waals surface area contributed by atoms with Gasteiger partial charge in [0.15, 0.2) is 0 Å². The van der Waals surface area contributed by atoms with Crippen LogP contribution in [0.4, 0.5) is 22.9 Å². The van der Waals surface area contributed by atoms with E-state index in [1.165, 1.54) is 19.0 Å². The molecule has 0 unspecified atom stereocenters. The highest BCUT2D eigenvalue weighted by Crippen LogP contribution is 2.54. The number of thioether (sulfide) groups is 1. The molecule has 5 rings (SSSR count). The summed E-state index contributed by atoms with van der Waals surface area (Å²) in [6.45, 7) is 5.40. The van der Waals surface area contributed by atoms with E-state index in [1.807, 2.05) is 24.5 Å². The number of carbonyl (C=O) groups is 1. The quantitative estimate of drug-likeness (QED) is 0.386. The van der Waals surface area contributed by atoms with Crippen LogP contribution in [0.5, 0.6) is 0 Å². The third-order valence-electron chi connectivity index (χ3n) is 7.89. The average molecular weight is 576 g/mol. The molecule has 3 aliphatic rings. The van der Waals surface area contributed by atoms with Crippen molar-refractivity contribution in [1.82, 2.24) is 4.98 Å². The van der Waals surface area contributed by atoms with Crippen LogP contribution in [0.3, 0.4) is 0 Å². The van der Waals surface area contributed by atoms with Crippen LogP contribution in [-0.4, -0.2) is 81.9 Å². The minimum absolute atomic E-state index is 0.132. The van der Waals surface area contributed by atoms with Crippen LogP contribution in [0.2, 0.25) is 0 Å². The van der Waals surface area contributed by atoms with Gasteiger partial charge >= 0.3 is 0 Å². The minimum atomic E-state index is -3.75. The van der Waals surface area contributed by atoms with E-state index in [0.29, 0.717) is 29.0 Å². The standard InChI is InChI=1S/C27H37N5O5S2/c1-19-18-32(11-13-37-19)23-15-20(3-4-24(23)38-2)29-26(34)21-17-28-25(30-39(35,36)14-12-33)16-22(21)31-9-7-27(5-6-27)8-10-31/h3-4,15-17,19,33H,5-14,18H2,1-2H3,(H,28,30)(H,29,34)/t19-/m1/s1. The predicted octanol–water partition coefficient (Wildman–Crippen LogP) is 3.40. The molecule has 0 radical (unpaired) electrons. The first-order chi connectivity index (χ1) is 18.7. The number of nitrogens with one attached hydrogen (secondary N) is 2. The molecule has 212 valence electrons. The van der Waals surface area contributed by atoms with E-state index in [-0.39, 0.29) is 17.8 Å². The summed E-state index contributed by atoms with van der Waals surface area (Å²) >= 11 is 1.67. The number of benzene rings is 1. The number of anilines is 4. The second-order valence-electron chi connectivity index (χ2n) is 10.7. The average Bonchev–Trinajstić information content (AvgIpc) is 3.67. The van der Waals surface area contributed by atoms with Crippen LogP contribution in [-0.2, 0) is 14.8 Å². The van der Waals surface area contributed by atoms with E-state index in [4.69, 9.17) is 9.84 Å². The van der Waals surface area contributed by atoms with Gasteiger partial charge in [0, 0.05) is 49.0 Å². The van der Waals surface area contributed by atoms with E-state index in [9.17, 15) is 13.2 Å². The molecular formula is C27H37N5O5S2. The molecule has 12 heteroatoms. The number of hydrogen-bond donors (Lipinski definition) is 3. The van der Waals surface area contributed by atoms with Gasteiger partial charge in [0.2, 0.25) is 10.0 Å². The summed E-state index contributed by atoms with van der Waals surface area (Å²) < 4.78 is 32.7. The Balaban J connectivity index is 1.41. The number of carbonyl (C=O) groups excluding carboxylic acids is 1. The third kappa shape index (κ3) is 6.62. The molecule has 10 nitrogen and oxygen atoms in total. The smallest absolute Gasteiger partial charge is 0.259 e. The Morgan fingerprint density at radius 1 is 1.15 bits per heavy atom. The predicted molar refractivity (Wildman–Crippen MR) is 156 cm³/mol. The molecule has 1 aliphatic carbocycles. The van der Waals surface area contributed by atoms with Crippen molar-refractivity contribution in [2.75, 3.05) is 71.2 Å². The molecule has 1 atom stereocenters. The fourth-order valence-electron chi connectivity index (χ4n) is 5.42. The van der Waals surface area contributed by atoms with E-state index in [0.717, 1.165) is 49.6 Å². The zero-order chi connectivity index (χ0) is 27.6. The summed E-state index contributed by atoms with van der Waals surface area (Å²) in [4.78, 5) is 23.4. The number of aromatic nitrogens is 1. The Morgan fingerprint density at radius 2 is 1.92 bits per heavy atom. The molecule has 2 saturated heterocycles. The second kappa shape index (κ2) is 11.5. The molecule has 1 aromatic carbocycles. The number of amides is 1. The lowest BCUT2D eigenvalue weighted by molar-refractivity contribution is 0.0530. The Labute approximate surface area is 234 Å². The number of ether oxygens (including phenoxy) is 1. The lowest BCUT2D eigenvalue weighted by Gasteiger charge is -2.35. The van der Waals surface area contributed by atoms with Gasteiger partial charge in [-0.1, -0.05) is 0 Å². The van der Waals surface area contributed by atoms with Gasteiger partial charge in [-0.2, -0.15) is 0 Å². The molecule has 2 aliphatic heterocycles. The lowest BCUT2D eigenvalue weighted by Crippen LogP contribution is -2.41. The molecule has 1 aromatic heterocycles. The summed E-state index contributed by atoms with van der Waals surface area (Å²) in [5.74, 6) is -0.587. The van der Waals surface area contributed by atoms with Crippen LogP contribution >= 0.6 is 11.8 Å². The van der Waals surface area contributed by atoms with Gasteiger partial charge in [0.05, 0.1) is 42.0 Å². The highest BCUT2D eigenvalue weighted by Gasteiger charge is 2.44. The van der Waals surface area contributed by atoms with E-state index in [2.05, 4.69) is 31.7 Å². The Hall–Kier alpha value is -2.54. The van der Waals surface area contributed by atoms with Gasteiger partial charge in [-0.15, -0.1) is 11.8 Å². The second-order valence-corrected chi connectivity index (χ2v) is 13.4. The first-order valence-corrected chi connectivity index (χ1v) is 16.3. The number of aliphatic hydroxyl groups is 1. The third-order valence-corrected chi connectivity index (χ3v) is 9.91. The van der Waals surface area contributed by atoms with Crippen LogP contribution in [0, 0.1) is 5.41 Å². The van der Waals surface area contributed by atoms with Crippen LogP contribution in [0.15, 0.2) is 35.4 Å². The maximum atomic E-state index is 13.6. The zero-order valence-electron chi connectivity index (χ0n) is 22.5. The van der Waals surface area contributed by atoms with Crippen LogP contribution < -0.4 is 19.8 Å². The molecule has 3 N–H and O–H groups in total. The van der Waals surface area contributed by atoms with Gasteiger partial charge in [-0.25, -0.2) is 13.4 Å². The van der Waals surface area contributed by atoms with Crippen molar-refractivity contribution >= 4 is 50.6 Å². The van der Waals surface area contributed by atoms with Gasteiger partial charge < -0.3 is 25.0 Å². The maximum absolute atomic E-state index is 13.6. The molecule has 0 bridgehead atoms. The van der Waals surface area contributed by atoms with Crippen molar-refractivity contribution in [3.8, 4) is 0 Å². The number of piperidine rings is 1.